The summed E-state index contributed by atoms with van der Waals surface area (Å²) in [6.07, 6.45) is 1.46. The molecule has 0 saturated heterocycles. The number of carbonyl (C=O) groups excluding carboxylic acids is 1. The highest BCUT2D eigenvalue weighted by atomic mass is 16.5. The number of rotatable bonds is 5. The molecule has 0 unspecified atom stereocenters. The van der Waals surface area contributed by atoms with Crippen LogP contribution >= 0.6 is 0 Å². The van der Waals surface area contributed by atoms with Crippen LogP contribution in [0.1, 0.15) is 36.8 Å². The molecule has 19 heavy (non-hydrogen) atoms. The lowest BCUT2D eigenvalue weighted by Gasteiger charge is -2.34. The second-order valence-electron chi connectivity index (χ2n) is 4.92. The molecule has 6 nitrogen and oxygen atoms in total. The predicted octanol–water partition coefficient (Wildman–Crippen LogP) is 1.17. The lowest BCUT2D eigenvalue weighted by atomic mass is 10.1. The van der Waals surface area contributed by atoms with Crippen molar-refractivity contribution in [2.75, 3.05) is 25.2 Å². The quantitative estimate of drug-likeness (QED) is 0.807. The normalized spacial score (nSPS) is 11.3. The summed E-state index contributed by atoms with van der Waals surface area (Å²) in [6.45, 7) is 7.54. The topological polar surface area (TPSA) is 75.5 Å². The number of hydrogen-bond acceptors (Lipinski definition) is 6. The van der Waals surface area contributed by atoms with Gasteiger partial charge in [-0.25, -0.2) is 14.8 Å². The Morgan fingerprint density at radius 3 is 2.63 bits per heavy atom. The van der Waals surface area contributed by atoms with E-state index in [-0.39, 0.29) is 6.61 Å². The average molecular weight is 267 g/mol. The van der Waals surface area contributed by atoms with Gasteiger partial charge in [0.25, 0.3) is 0 Å². The molecular formula is C13H21N3O3. The molecule has 0 atom stereocenters. The summed E-state index contributed by atoms with van der Waals surface area (Å²) < 4.78 is 4.93. The number of ether oxygens (including phenoxy) is 1. The second kappa shape index (κ2) is 5.97. The number of hydrogen-bond donors (Lipinski definition) is 1. The first kappa shape index (κ1) is 15.4. The zero-order chi connectivity index (χ0) is 14.6. The largest absolute Gasteiger partial charge is 0.462 e. The SMILES string of the molecule is CCOC(=O)c1cnc(N(C)C(C)(C)CO)nc1C. The van der Waals surface area contributed by atoms with Crippen molar-refractivity contribution in [2.45, 2.75) is 33.2 Å². The van der Waals surface area contributed by atoms with E-state index in [0.717, 1.165) is 0 Å². The summed E-state index contributed by atoms with van der Waals surface area (Å²) in [7, 11) is 1.80. The number of likely N-dealkylation sites (N-methyl/N-ethyl adjacent to an activating group) is 1. The van der Waals surface area contributed by atoms with Crippen LogP contribution in [0.5, 0.6) is 0 Å². The third-order valence-corrected chi connectivity index (χ3v) is 3.06. The number of aryl methyl sites for hydroxylation is 1. The molecule has 1 aromatic rings. The number of carbonyl (C=O) groups is 1. The van der Waals surface area contributed by atoms with Gasteiger partial charge in [0.1, 0.15) is 0 Å². The highest BCUT2D eigenvalue weighted by Gasteiger charge is 2.25. The van der Waals surface area contributed by atoms with Crippen LogP contribution in [0, 0.1) is 6.92 Å². The van der Waals surface area contributed by atoms with Gasteiger partial charge < -0.3 is 14.7 Å². The van der Waals surface area contributed by atoms with Gasteiger partial charge in [-0.1, -0.05) is 0 Å². The number of aromatic nitrogens is 2. The number of anilines is 1. The van der Waals surface area contributed by atoms with Crippen LogP contribution < -0.4 is 4.90 Å². The van der Waals surface area contributed by atoms with Gasteiger partial charge in [-0.05, 0) is 27.7 Å². The van der Waals surface area contributed by atoms with Crippen molar-refractivity contribution in [2.24, 2.45) is 0 Å². The molecule has 106 valence electrons. The van der Waals surface area contributed by atoms with Crippen LogP contribution in [0.25, 0.3) is 0 Å². The van der Waals surface area contributed by atoms with Gasteiger partial charge in [-0.3, -0.25) is 0 Å². The Bertz CT molecular complexity index is 460. The molecule has 0 aliphatic rings. The first-order valence-electron chi connectivity index (χ1n) is 6.19. The van der Waals surface area contributed by atoms with Crippen LogP contribution in [-0.2, 0) is 4.74 Å². The second-order valence-corrected chi connectivity index (χ2v) is 4.92. The van der Waals surface area contributed by atoms with Gasteiger partial charge in [0, 0.05) is 13.2 Å². The minimum absolute atomic E-state index is 0.0223. The van der Waals surface area contributed by atoms with Crippen LogP contribution in [0.3, 0.4) is 0 Å². The first-order valence-corrected chi connectivity index (χ1v) is 6.19. The van der Waals surface area contributed by atoms with Crippen molar-refractivity contribution >= 4 is 11.9 Å². The maximum absolute atomic E-state index is 11.6. The number of esters is 1. The van der Waals surface area contributed by atoms with Crippen LogP contribution in [0.4, 0.5) is 5.95 Å². The first-order chi connectivity index (χ1) is 8.83. The van der Waals surface area contributed by atoms with Crippen molar-refractivity contribution in [1.82, 2.24) is 9.97 Å². The molecule has 1 aromatic heterocycles. The van der Waals surface area contributed by atoms with Crippen LogP contribution in [0.15, 0.2) is 6.20 Å². The summed E-state index contributed by atoms with van der Waals surface area (Å²) in [5.41, 5.74) is 0.447. The highest BCUT2D eigenvalue weighted by Crippen LogP contribution is 2.19. The number of aliphatic hydroxyl groups excluding tert-OH is 1. The molecule has 0 aliphatic heterocycles. The summed E-state index contributed by atoms with van der Waals surface area (Å²) in [4.78, 5) is 21.9. The standard InChI is InChI=1S/C13H21N3O3/c1-6-19-11(18)10-7-14-12(15-9(10)2)16(5)13(3,4)8-17/h7,17H,6,8H2,1-5H3. The van der Waals surface area contributed by atoms with Crippen LogP contribution in [-0.4, -0.2) is 46.8 Å². The Labute approximate surface area is 113 Å². The maximum Gasteiger partial charge on any atom is 0.341 e. The third kappa shape index (κ3) is 3.41. The van der Waals surface area contributed by atoms with Crippen molar-refractivity contribution < 1.29 is 14.6 Å². The minimum atomic E-state index is -0.474. The Morgan fingerprint density at radius 2 is 2.16 bits per heavy atom. The Morgan fingerprint density at radius 1 is 1.53 bits per heavy atom. The summed E-state index contributed by atoms with van der Waals surface area (Å²) >= 11 is 0. The van der Waals surface area contributed by atoms with E-state index in [2.05, 4.69) is 9.97 Å². The van der Waals surface area contributed by atoms with E-state index in [1.165, 1.54) is 6.20 Å². The van der Waals surface area contributed by atoms with Crippen molar-refractivity contribution in [1.29, 1.82) is 0 Å². The van der Waals surface area contributed by atoms with Gasteiger partial charge in [0.15, 0.2) is 0 Å². The van der Waals surface area contributed by atoms with E-state index < -0.39 is 11.5 Å². The lowest BCUT2D eigenvalue weighted by molar-refractivity contribution is 0.0524. The molecule has 1 rings (SSSR count). The molecule has 0 fully saturated rings. The van der Waals surface area contributed by atoms with Crippen molar-refractivity contribution in [3.8, 4) is 0 Å². The van der Waals surface area contributed by atoms with E-state index in [4.69, 9.17) is 4.74 Å². The Balaban J connectivity index is 3.03. The summed E-state index contributed by atoms with van der Waals surface area (Å²) in [5, 5.41) is 9.34. The zero-order valence-corrected chi connectivity index (χ0v) is 12.1. The Kier molecular flexibility index (Phi) is 4.83. The molecule has 0 aromatic carbocycles. The zero-order valence-electron chi connectivity index (χ0n) is 12.1. The summed E-state index contributed by atoms with van der Waals surface area (Å²) in [6, 6.07) is 0. The Hall–Kier alpha value is -1.69. The molecule has 1 N–H and O–H groups in total. The molecule has 0 radical (unpaired) electrons. The molecule has 6 heteroatoms. The van der Waals surface area contributed by atoms with Crippen molar-refractivity contribution in [3.63, 3.8) is 0 Å². The molecule has 0 spiro atoms. The molecule has 1 heterocycles. The van der Waals surface area contributed by atoms with E-state index in [1.54, 1.807) is 25.8 Å². The van der Waals surface area contributed by atoms with E-state index in [9.17, 15) is 9.90 Å². The lowest BCUT2D eigenvalue weighted by Crippen LogP contribution is -2.45. The fourth-order valence-corrected chi connectivity index (χ4v) is 1.40. The minimum Gasteiger partial charge on any atom is -0.462 e. The van der Waals surface area contributed by atoms with Gasteiger partial charge in [0.2, 0.25) is 5.95 Å². The van der Waals surface area contributed by atoms with Gasteiger partial charge in [-0.2, -0.15) is 0 Å². The monoisotopic (exact) mass is 267 g/mol. The molecule has 0 amide bonds. The van der Waals surface area contributed by atoms with Gasteiger partial charge >= 0.3 is 5.97 Å². The van der Waals surface area contributed by atoms with E-state index in [0.29, 0.717) is 23.8 Å². The van der Waals surface area contributed by atoms with Crippen molar-refractivity contribution in [3.05, 3.63) is 17.5 Å². The van der Waals surface area contributed by atoms with Gasteiger partial charge in [0.05, 0.1) is 30.0 Å². The van der Waals surface area contributed by atoms with E-state index >= 15 is 0 Å². The smallest absolute Gasteiger partial charge is 0.341 e. The molecule has 0 saturated carbocycles. The van der Waals surface area contributed by atoms with E-state index in [1.807, 2.05) is 13.8 Å². The average Bonchev–Trinajstić information content (AvgIpc) is 2.37. The highest BCUT2D eigenvalue weighted by molar-refractivity contribution is 5.90. The fraction of sp³-hybridized carbons (Fsp3) is 0.615. The predicted molar refractivity (Wildman–Crippen MR) is 72.3 cm³/mol. The third-order valence-electron chi connectivity index (χ3n) is 3.06. The maximum atomic E-state index is 11.6. The molecule has 0 bridgehead atoms. The number of nitrogens with zero attached hydrogens (tertiary/aromatic N) is 3. The molecular weight excluding hydrogens is 246 g/mol. The van der Waals surface area contributed by atoms with Gasteiger partial charge in [-0.15, -0.1) is 0 Å². The summed E-state index contributed by atoms with van der Waals surface area (Å²) in [5.74, 6) is 0.0419. The molecule has 0 aliphatic carbocycles. The number of aliphatic hydroxyl groups is 1. The van der Waals surface area contributed by atoms with Crippen LogP contribution in [0.2, 0.25) is 0 Å². The fourth-order valence-electron chi connectivity index (χ4n) is 1.40.